The van der Waals surface area contributed by atoms with Crippen LogP contribution in [0.2, 0.25) is 0 Å². The Labute approximate surface area is 203 Å². The molecule has 0 atom stereocenters. The molecule has 0 aliphatic rings. The Kier molecular flexibility index (Phi) is 6.86. The molecule has 182 valence electrons. The monoisotopic (exact) mass is 475 g/mol. The maximum Gasteiger partial charge on any atom is 0.273 e. The van der Waals surface area contributed by atoms with E-state index < -0.39 is 0 Å². The van der Waals surface area contributed by atoms with Crippen molar-refractivity contribution in [3.8, 4) is 17.2 Å². The van der Waals surface area contributed by atoms with Crippen LogP contribution in [-0.4, -0.2) is 39.5 Å². The van der Waals surface area contributed by atoms with Gasteiger partial charge in [0, 0.05) is 25.5 Å². The molecule has 0 saturated carbocycles. The van der Waals surface area contributed by atoms with Crippen LogP contribution in [0.15, 0.2) is 47.3 Å². The quantitative estimate of drug-likeness (QED) is 0.416. The van der Waals surface area contributed by atoms with Crippen molar-refractivity contribution in [2.75, 3.05) is 19.5 Å². The zero-order valence-corrected chi connectivity index (χ0v) is 20.6. The lowest BCUT2D eigenvalue weighted by molar-refractivity contribution is -0.116. The molecular formula is C26H29N5O4. The fraction of sp³-hybridized carbons (Fsp3) is 0.308. The minimum atomic E-state index is -0.245. The first-order valence-electron chi connectivity index (χ1n) is 11.4. The van der Waals surface area contributed by atoms with Crippen molar-refractivity contribution in [1.29, 1.82) is 0 Å². The third kappa shape index (κ3) is 4.75. The minimum absolute atomic E-state index is 0.0950. The molecule has 2 heterocycles. The van der Waals surface area contributed by atoms with Gasteiger partial charge in [0.25, 0.3) is 5.56 Å². The first-order chi connectivity index (χ1) is 16.9. The summed E-state index contributed by atoms with van der Waals surface area (Å²) < 4.78 is 14.0. The smallest absolute Gasteiger partial charge is 0.273 e. The van der Waals surface area contributed by atoms with Crippen molar-refractivity contribution in [1.82, 2.24) is 19.3 Å². The average Bonchev–Trinajstić information content (AvgIpc) is 3.19. The van der Waals surface area contributed by atoms with Gasteiger partial charge in [0.2, 0.25) is 5.91 Å². The largest absolute Gasteiger partial charge is 0.497 e. The van der Waals surface area contributed by atoms with Gasteiger partial charge in [0.1, 0.15) is 22.7 Å². The number of fused-ring (bicyclic) bond motifs is 1. The van der Waals surface area contributed by atoms with Crippen LogP contribution in [0, 0.1) is 13.8 Å². The number of carbonyl (C=O) groups excluding carboxylic acids is 1. The molecule has 2 aromatic heterocycles. The SMILES string of the molecule is CCn1c(=O)c(CCC(=O)Nc2ccc(OC)cc2OC)nc2c(C)nn(-c3ccc(C)cc3)c21. The Morgan fingerprint density at radius 1 is 1.06 bits per heavy atom. The maximum atomic E-state index is 13.3. The van der Waals surface area contributed by atoms with E-state index in [-0.39, 0.29) is 24.3 Å². The van der Waals surface area contributed by atoms with E-state index in [0.717, 1.165) is 16.9 Å². The predicted molar refractivity (Wildman–Crippen MR) is 135 cm³/mol. The van der Waals surface area contributed by atoms with Crippen molar-refractivity contribution in [3.63, 3.8) is 0 Å². The summed E-state index contributed by atoms with van der Waals surface area (Å²) in [5.74, 6) is 0.869. The van der Waals surface area contributed by atoms with Gasteiger partial charge >= 0.3 is 0 Å². The molecule has 0 radical (unpaired) electrons. The number of carbonyl (C=O) groups is 1. The topological polar surface area (TPSA) is 100 Å². The first-order valence-corrected chi connectivity index (χ1v) is 11.4. The van der Waals surface area contributed by atoms with Crippen LogP contribution in [0.25, 0.3) is 16.9 Å². The molecule has 4 aromatic rings. The highest BCUT2D eigenvalue weighted by Crippen LogP contribution is 2.29. The Bertz CT molecular complexity index is 1440. The lowest BCUT2D eigenvalue weighted by Crippen LogP contribution is -2.27. The van der Waals surface area contributed by atoms with Crippen LogP contribution in [0.3, 0.4) is 0 Å². The molecular weight excluding hydrogens is 446 g/mol. The second-order valence-corrected chi connectivity index (χ2v) is 8.23. The van der Waals surface area contributed by atoms with Gasteiger partial charge in [-0.2, -0.15) is 5.10 Å². The number of hydrogen-bond donors (Lipinski definition) is 1. The van der Waals surface area contributed by atoms with Crippen LogP contribution in [0.5, 0.6) is 11.5 Å². The molecule has 1 N–H and O–H groups in total. The van der Waals surface area contributed by atoms with E-state index in [1.807, 2.05) is 45.0 Å². The van der Waals surface area contributed by atoms with E-state index in [4.69, 9.17) is 9.47 Å². The third-order valence-corrected chi connectivity index (χ3v) is 5.87. The number of nitrogens with zero attached hydrogens (tertiary/aromatic N) is 4. The Morgan fingerprint density at radius 3 is 2.46 bits per heavy atom. The molecule has 0 spiro atoms. The number of rotatable bonds is 8. The van der Waals surface area contributed by atoms with Crippen molar-refractivity contribution >= 4 is 22.8 Å². The number of aromatic nitrogens is 4. The number of anilines is 1. The molecule has 0 unspecified atom stereocenters. The lowest BCUT2D eigenvalue weighted by Gasteiger charge is -2.12. The average molecular weight is 476 g/mol. The van der Waals surface area contributed by atoms with Crippen molar-refractivity contribution in [2.45, 2.75) is 40.2 Å². The molecule has 35 heavy (non-hydrogen) atoms. The van der Waals surface area contributed by atoms with Crippen molar-refractivity contribution in [3.05, 3.63) is 69.8 Å². The fourth-order valence-corrected chi connectivity index (χ4v) is 3.98. The standard InChI is InChI=1S/C26H29N5O4/c1-6-30-25-24(17(3)29-31(25)18-9-7-16(2)8-10-18)28-21(26(30)33)13-14-23(32)27-20-12-11-19(34-4)15-22(20)35-5/h7-12,15H,6,13-14H2,1-5H3,(H,27,32). The van der Waals surface area contributed by atoms with Gasteiger partial charge in [-0.25, -0.2) is 9.67 Å². The van der Waals surface area contributed by atoms with E-state index in [0.29, 0.717) is 40.6 Å². The van der Waals surface area contributed by atoms with Gasteiger partial charge in [-0.15, -0.1) is 0 Å². The van der Waals surface area contributed by atoms with Gasteiger partial charge in [-0.05, 0) is 45.0 Å². The maximum absolute atomic E-state index is 13.3. The summed E-state index contributed by atoms with van der Waals surface area (Å²) in [5, 5.41) is 7.49. The second kappa shape index (κ2) is 10.0. The van der Waals surface area contributed by atoms with E-state index in [9.17, 15) is 9.59 Å². The van der Waals surface area contributed by atoms with Gasteiger partial charge in [0.05, 0.1) is 31.3 Å². The summed E-state index contributed by atoms with van der Waals surface area (Å²) in [5.41, 5.74) is 4.66. The molecule has 0 aliphatic carbocycles. The molecule has 0 fully saturated rings. The van der Waals surface area contributed by atoms with Gasteiger partial charge in [-0.1, -0.05) is 17.7 Å². The van der Waals surface area contributed by atoms with E-state index in [1.54, 1.807) is 34.6 Å². The van der Waals surface area contributed by atoms with Crippen LogP contribution >= 0.6 is 0 Å². The summed E-state index contributed by atoms with van der Waals surface area (Å²) in [7, 11) is 3.09. The highest BCUT2D eigenvalue weighted by atomic mass is 16.5. The molecule has 4 rings (SSSR count). The van der Waals surface area contributed by atoms with E-state index >= 15 is 0 Å². The molecule has 9 heteroatoms. The summed E-state index contributed by atoms with van der Waals surface area (Å²) >= 11 is 0. The Balaban J connectivity index is 1.61. The van der Waals surface area contributed by atoms with Gasteiger partial charge < -0.3 is 14.8 Å². The Morgan fingerprint density at radius 2 is 1.80 bits per heavy atom. The Hall–Kier alpha value is -4.14. The zero-order valence-electron chi connectivity index (χ0n) is 20.6. The minimum Gasteiger partial charge on any atom is -0.497 e. The number of amides is 1. The molecule has 0 saturated heterocycles. The number of hydrogen-bond acceptors (Lipinski definition) is 6. The zero-order chi connectivity index (χ0) is 25.1. The first kappa shape index (κ1) is 24.0. The number of aryl methyl sites for hydroxylation is 4. The fourth-order valence-electron chi connectivity index (χ4n) is 3.98. The summed E-state index contributed by atoms with van der Waals surface area (Å²) in [6.45, 7) is 6.26. The molecule has 2 aromatic carbocycles. The van der Waals surface area contributed by atoms with Crippen LogP contribution in [-0.2, 0) is 17.8 Å². The molecule has 1 amide bonds. The van der Waals surface area contributed by atoms with Gasteiger partial charge in [0.15, 0.2) is 5.65 Å². The van der Waals surface area contributed by atoms with Crippen LogP contribution in [0.1, 0.15) is 30.3 Å². The number of ether oxygens (including phenoxy) is 2. The van der Waals surface area contributed by atoms with E-state index in [2.05, 4.69) is 15.4 Å². The number of benzene rings is 2. The van der Waals surface area contributed by atoms with E-state index in [1.165, 1.54) is 7.11 Å². The molecule has 9 nitrogen and oxygen atoms in total. The van der Waals surface area contributed by atoms with Crippen molar-refractivity contribution < 1.29 is 14.3 Å². The second-order valence-electron chi connectivity index (χ2n) is 8.23. The highest BCUT2D eigenvalue weighted by Gasteiger charge is 2.19. The summed E-state index contributed by atoms with van der Waals surface area (Å²) in [4.78, 5) is 30.6. The molecule has 0 bridgehead atoms. The normalized spacial score (nSPS) is 11.0. The third-order valence-electron chi connectivity index (χ3n) is 5.87. The number of nitrogens with one attached hydrogen (secondary N) is 1. The highest BCUT2D eigenvalue weighted by molar-refractivity contribution is 5.92. The van der Waals surface area contributed by atoms with Crippen LogP contribution in [0.4, 0.5) is 5.69 Å². The van der Waals surface area contributed by atoms with Gasteiger partial charge in [-0.3, -0.25) is 14.2 Å². The van der Waals surface area contributed by atoms with Crippen LogP contribution < -0.4 is 20.3 Å². The lowest BCUT2D eigenvalue weighted by atomic mass is 10.2. The number of methoxy groups -OCH3 is 2. The van der Waals surface area contributed by atoms with Crippen molar-refractivity contribution in [2.24, 2.45) is 0 Å². The summed E-state index contributed by atoms with van der Waals surface area (Å²) in [6.07, 6.45) is 0.298. The molecule has 0 aliphatic heterocycles. The summed E-state index contributed by atoms with van der Waals surface area (Å²) in [6, 6.07) is 13.1. The predicted octanol–water partition coefficient (Wildman–Crippen LogP) is 3.81.